The summed E-state index contributed by atoms with van der Waals surface area (Å²) in [7, 11) is 2.07. The van der Waals surface area contributed by atoms with E-state index in [-0.39, 0.29) is 42.5 Å². The first-order valence-corrected chi connectivity index (χ1v) is 9.54. The average Bonchev–Trinajstić information content (AvgIpc) is 2.62. The number of rotatable bonds is 3. The highest BCUT2D eigenvalue weighted by Gasteiger charge is 2.37. The molecule has 1 aromatic rings. The molecular weight excluding hydrogens is 399 g/mol. The van der Waals surface area contributed by atoms with E-state index in [0.29, 0.717) is 11.3 Å². The lowest BCUT2D eigenvalue weighted by Crippen LogP contribution is -2.51. The van der Waals surface area contributed by atoms with Gasteiger partial charge in [-0.15, -0.1) is 24.8 Å². The van der Waals surface area contributed by atoms with Gasteiger partial charge in [0.2, 0.25) is 5.91 Å². The van der Waals surface area contributed by atoms with E-state index in [9.17, 15) is 9.59 Å². The van der Waals surface area contributed by atoms with Crippen molar-refractivity contribution in [2.24, 2.45) is 11.7 Å². The van der Waals surface area contributed by atoms with Crippen LogP contribution in [-0.4, -0.2) is 60.4 Å². The van der Waals surface area contributed by atoms with E-state index >= 15 is 0 Å². The smallest absolute Gasteiger partial charge is 0.253 e. The van der Waals surface area contributed by atoms with Crippen molar-refractivity contribution in [3.63, 3.8) is 0 Å². The summed E-state index contributed by atoms with van der Waals surface area (Å²) >= 11 is 0. The van der Waals surface area contributed by atoms with Crippen molar-refractivity contribution in [3.8, 4) is 0 Å². The van der Waals surface area contributed by atoms with Gasteiger partial charge in [-0.05, 0) is 51.1 Å². The SMILES string of the molecule is CN1CCN(C(=O)c2ccc(NC(=O)C3CCCCC3(C)N)cc2)CC1.Cl.Cl. The van der Waals surface area contributed by atoms with E-state index in [0.717, 1.165) is 51.9 Å². The Morgan fingerprint density at radius 1 is 1.07 bits per heavy atom. The van der Waals surface area contributed by atoms with Gasteiger partial charge in [-0.1, -0.05) is 12.8 Å². The largest absolute Gasteiger partial charge is 0.336 e. The van der Waals surface area contributed by atoms with Gasteiger partial charge in [0.1, 0.15) is 0 Å². The molecule has 158 valence electrons. The molecule has 0 aromatic heterocycles. The third-order valence-electron chi connectivity index (χ3n) is 5.76. The number of nitrogens with one attached hydrogen (secondary N) is 1. The summed E-state index contributed by atoms with van der Waals surface area (Å²) < 4.78 is 0. The average molecular weight is 431 g/mol. The molecule has 2 unspecified atom stereocenters. The number of piperazine rings is 1. The molecule has 1 aromatic carbocycles. The molecule has 6 nitrogen and oxygen atoms in total. The Balaban J connectivity index is 0.00000196. The molecule has 2 atom stereocenters. The third-order valence-corrected chi connectivity index (χ3v) is 5.76. The number of halogens is 2. The summed E-state index contributed by atoms with van der Waals surface area (Å²) in [5.74, 6) is -0.131. The van der Waals surface area contributed by atoms with Gasteiger partial charge >= 0.3 is 0 Å². The first-order chi connectivity index (χ1) is 12.4. The van der Waals surface area contributed by atoms with Crippen LogP contribution in [-0.2, 0) is 4.79 Å². The van der Waals surface area contributed by atoms with Gasteiger partial charge in [-0.25, -0.2) is 0 Å². The molecule has 0 bridgehead atoms. The molecule has 0 spiro atoms. The van der Waals surface area contributed by atoms with E-state index in [1.54, 1.807) is 24.3 Å². The van der Waals surface area contributed by atoms with Crippen LogP contribution in [0.3, 0.4) is 0 Å². The second kappa shape index (κ2) is 10.4. The van der Waals surface area contributed by atoms with Gasteiger partial charge in [0.25, 0.3) is 5.91 Å². The molecule has 2 amide bonds. The Labute approximate surface area is 180 Å². The van der Waals surface area contributed by atoms with Crippen LogP contribution >= 0.6 is 24.8 Å². The molecule has 0 radical (unpaired) electrons. The number of benzene rings is 1. The number of carbonyl (C=O) groups is 2. The Morgan fingerprint density at radius 3 is 2.25 bits per heavy atom. The Morgan fingerprint density at radius 2 is 1.68 bits per heavy atom. The van der Waals surface area contributed by atoms with Crippen LogP contribution in [0.15, 0.2) is 24.3 Å². The molecule has 28 heavy (non-hydrogen) atoms. The van der Waals surface area contributed by atoms with Crippen LogP contribution in [0, 0.1) is 5.92 Å². The summed E-state index contributed by atoms with van der Waals surface area (Å²) in [4.78, 5) is 29.3. The summed E-state index contributed by atoms with van der Waals surface area (Å²) in [5.41, 5.74) is 7.25. The number of nitrogens with two attached hydrogens (primary N) is 1. The van der Waals surface area contributed by atoms with Gasteiger partial charge in [-0.2, -0.15) is 0 Å². The monoisotopic (exact) mass is 430 g/mol. The fraction of sp³-hybridized carbons (Fsp3) is 0.600. The molecule has 3 N–H and O–H groups in total. The molecule has 1 aliphatic heterocycles. The van der Waals surface area contributed by atoms with Crippen LogP contribution in [0.1, 0.15) is 43.0 Å². The van der Waals surface area contributed by atoms with Crippen LogP contribution in [0.2, 0.25) is 0 Å². The molecular formula is C20H32Cl2N4O2. The van der Waals surface area contributed by atoms with E-state index in [1.807, 2.05) is 11.8 Å². The van der Waals surface area contributed by atoms with Gasteiger partial charge in [-0.3, -0.25) is 9.59 Å². The van der Waals surface area contributed by atoms with Crippen LogP contribution in [0.5, 0.6) is 0 Å². The van der Waals surface area contributed by atoms with Gasteiger partial charge in [0.05, 0.1) is 5.92 Å². The molecule has 1 aliphatic carbocycles. The highest BCUT2D eigenvalue weighted by Crippen LogP contribution is 2.32. The Hall–Kier alpha value is -1.34. The van der Waals surface area contributed by atoms with Gasteiger partial charge in [0.15, 0.2) is 0 Å². The summed E-state index contributed by atoms with van der Waals surface area (Å²) in [5, 5.41) is 2.97. The fourth-order valence-electron chi connectivity index (χ4n) is 3.91. The van der Waals surface area contributed by atoms with Crippen LogP contribution in [0.25, 0.3) is 0 Å². The van der Waals surface area contributed by atoms with Crippen molar-refractivity contribution in [2.75, 3.05) is 38.5 Å². The third kappa shape index (κ3) is 5.83. The zero-order valence-electron chi connectivity index (χ0n) is 16.6. The molecule has 2 aliphatic rings. The highest BCUT2D eigenvalue weighted by atomic mass is 35.5. The number of hydrogen-bond acceptors (Lipinski definition) is 4. The summed E-state index contributed by atoms with van der Waals surface area (Å²) in [6.07, 6.45) is 3.84. The Bertz CT molecular complexity index is 659. The van der Waals surface area contributed by atoms with Crippen LogP contribution < -0.4 is 11.1 Å². The first kappa shape index (κ1) is 24.7. The molecule has 3 rings (SSSR count). The normalized spacial score (nSPS) is 25.2. The Kier molecular flexibility index (Phi) is 9.21. The maximum Gasteiger partial charge on any atom is 0.253 e. The minimum atomic E-state index is -0.445. The standard InChI is InChI=1S/C20H30N4O2.2ClH/c1-20(21)10-4-3-5-17(20)18(25)22-16-8-6-15(7-9-16)19(26)24-13-11-23(2)12-14-24;;/h6-9,17H,3-5,10-14,21H2,1-2H3,(H,22,25);2*1H. The quantitative estimate of drug-likeness (QED) is 0.772. The number of amides is 2. The first-order valence-electron chi connectivity index (χ1n) is 9.54. The molecule has 1 saturated heterocycles. The number of likely N-dealkylation sites (N-methyl/N-ethyl adjacent to an activating group) is 1. The molecule has 1 heterocycles. The van der Waals surface area contributed by atoms with Gasteiger partial charge < -0.3 is 20.9 Å². The number of anilines is 1. The minimum absolute atomic E-state index is 0. The van der Waals surface area contributed by atoms with E-state index in [2.05, 4.69) is 17.3 Å². The van der Waals surface area contributed by atoms with Crippen molar-refractivity contribution in [2.45, 2.75) is 38.1 Å². The number of hydrogen-bond donors (Lipinski definition) is 2. The van der Waals surface area contributed by atoms with E-state index in [4.69, 9.17) is 5.73 Å². The fourth-order valence-corrected chi connectivity index (χ4v) is 3.91. The summed E-state index contributed by atoms with van der Waals surface area (Å²) in [6.45, 7) is 5.28. The van der Waals surface area contributed by atoms with Crippen LogP contribution in [0.4, 0.5) is 5.69 Å². The van der Waals surface area contributed by atoms with Crippen molar-refractivity contribution in [1.29, 1.82) is 0 Å². The predicted molar refractivity (Wildman–Crippen MR) is 118 cm³/mol. The topological polar surface area (TPSA) is 78.7 Å². The zero-order chi connectivity index (χ0) is 18.7. The lowest BCUT2D eigenvalue weighted by molar-refractivity contribution is -0.122. The molecule has 1 saturated carbocycles. The predicted octanol–water partition coefficient (Wildman–Crippen LogP) is 2.76. The van der Waals surface area contributed by atoms with Crippen molar-refractivity contribution < 1.29 is 9.59 Å². The summed E-state index contributed by atoms with van der Waals surface area (Å²) in [6, 6.07) is 7.19. The minimum Gasteiger partial charge on any atom is -0.336 e. The van der Waals surface area contributed by atoms with Crippen molar-refractivity contribution >= 4 is 42.3 Å². The van der Waals surface area contributed by atoms with E-state index < -0.39 is 5.54 Å². The van der Waals surface area contributed by atoms with Crippen molar-refractivity contribution in [3.05, 3.63) is 29.8 Å². The van der Waals surface area contributed by atoms with Gasteiger partial charge in [0, 0.05) is 43.0 Å². The molecule has 8 heteroatoms. The second-order valence-corrected chi connectivity index (χ2v) is 7.97. The van der Waals surface area contributed by atoms with Crippen molar-refractivity contribution in [1.82, 2.24) is 9.80 Å². The maximum atomic E-state index is 12.6. The zero-order valence-corrected chi connectivity index (χ0v) is 18.3. The highest BCUT2D eigenvalue weighted by molar-refractivity contribution is 5.96. The second-order valence-electron chi connectivity index (χ2n) is 7.97. The molecule has 2 fully saturated rings. The number of nitrogens with zero attached hydrogens (tertiary/aromatic N) is 2. The maximum absolute atomic E-state index is 12.6. The lowest BCUT2D eigenvalue weighted by Gasteiger charge is -2.37. The van der Waals surface area contributed by atoms with E-state index in [1.165, 1.54) is 0 Å². The number of carbonyl (C=O) groups excluding carboxylic acids is 2. The lowest BCUT2D eigenvalue weighted by atomic mass is 9.74.